The molecule has 182 valence electrons. The second kappa shape index (κ2) is 11.6. The predicted molar refractivity (Wildman–Crippen MR) is 133 cm³/mol. The molecule has 1 aliphatic heterocycles. The number of ether oxygens (including phenoxy) is 3. The third-order valence-electron chi connectivity index (χ3n) is 4.67. The monoisotopic (exact) mass is 516 g/mol. The van der Waals surface area contributed by atoms with E-state index < -0.39 is 29.6 Å². The molecule has 1 N–H and O–H groups in total. The lowest BCUT2D eigenvalue weighted by atomic mass is 10.2. The van der Waals surface area contributed by atoms with Gasteiger partial charge in [-0.1, -0.05) is 30.3 Å². The average Bonchev–Trinajstić information content (AvgIpc) is 3.10. The number of rotatable bonds is 9. The molecule has 0 radical (unpaired) electrons. The maximum Gasteiger partial charge on any atom is 0.339 e. The lowest BCUT2D eigenvalue weighted by molar-refractivity contribution is -0.127. The summed E-state index contributed by atoms with van der Waals surface area (Å²) in [5, 5.41) is 2.11. The fourth-order valence-corrected chi connectivity index (χ4v) is 4.08. The van der Waals surface area contributed by atoms with Crippen LogP contribution in [0.1, 0.15) is 15.9 Å². The van der Waals surface area contributed by atoms with Crippen LogP contribution in [0.25, 0.3) is 6.08 Å². The van der Waals surface area contributed by atoms with Gasteiger partial charge in [-0.2, -0.15) is 0 Å². The lowest BCUT2D eigenvalue weighted by Gasteiger charge is -2.13. The molecule has 3 amide bonds. The minimum absolute atomic E-state index is 0.0670. The molecule has 1 aliphatic rings. The fourth-order valence-electron chi connectivity index (χ4n) is 3.04. The first-order valence-corrected chi connectivity index (χ1v) is 11.3. The second-order valence-electron chi connectivity index (χ2n) is 7.01. The van der Waals surface area contributed by atoms with Crippen LogP contribution in [-0.2, 0) is 14.3 Å². The quantitative estimate of drug-likeness (QED) is 0.297. The molecule has 2 aromatic rings. The van der Waals surface area contributed by atoms with E-state index in [0.29, 0.717) is 23.7 Å². The Labute approximate surface area is 210 Å². The normalized spacial score (nSPS) is 14.1. The summed E-state index contributed by atoms with van der Waals surface area (Å²) in [5.41, 5.74) is 0.935. The summed E-state index contributed by atoms with van der Waals surface area (Å²) in [6.45, 7) is 3.39. The molecule has 9 nitrogen and oxygen atoms in total. The van der Waals surface area contributed by atoms with Crippen molar-refractivity contribution in [3.05, 3.63) is 70.1 Å². The molecule has 0 aliphatic carbocycles. The van der Waals surface area contributed by atoms with Gasteiger partial charge in [0.25, 0.3) is 11.1 Å². The van der Waals surface area contributed by atoms with Gasteiger partial charge in [-0.3, -0.25) is 19.3 Å². The first-order valence-electron chi connectivity index (χ1n) is 10.1. The van der Waals surface area contributed by atoms with Crippen molar-refractivity contribution >= 4 is 58.1 Å². The van der Waals surface area contributed by atoms with Gasteiger partial charge in [-0.25, -0.2) is 4.79 Å². The molecule has 1 heterocycles. The van der Waals surface area contributed by atoms with Crippen molar-refractivity contribution in [2.75, 3.05) is 32.7 Å². The van der Waals surface area contributed by atoms with Crippen LogP contribution in [-0.4, -0.2) is 55.3 Å². The summed E-state index contributed by atoms with van der Waals surface area (Å²) < 4.78 is 15.5. The number of imide groups is 1. The summed E-state index contributed by atoms with van der Waals surface area (Å²) in [6, 6.07) is 9.31. The van der Waals surface area contributed by atoms with Gasteiger partial charge >= 0.3 is 5.97 Å². The summed E-state index contributed by atoms with van der Waals surface area (Å²) in [6.07, 6.45) is 3.13. The number of nitrogens with zero attached hydrogens (tertiary/aromatic N) is 1. The van der Waals surface area contributed by atoms with Crippen LogP contribution in [0.2, 0.25) is 5.02 Å². The van der Waals surface area contributed by atoms with Gasteiger partial charge in [0.2, 0.25) is 5.91 Å². The number of benzene rings is 2. The van der Waals surface area contributed by atoms with Crippen molar-refractivity contribution < 1.29 is 33.4 Å². The standard InChI is InChI=1S/C24H21ClN2O7S/c1-4-9-34-18-8-5-14(10-19(18)32-2)11-20-22(29)27(24(31)35-20)13-21(28)26-15-6-7-17(25)16(12-15)23(30)33-3/h4-8,10-12H,1,9,13H2,2-3H3,(H,26,28)/b20-11+. The SMILES string of the molecule is C=CCOc1ccc(/C=C2/SC(=O)N(CC(=O)Nc3ccc(Cl)c(C(=O)OC)c3)C2=O)cc1OC. The highest BCUT2D eigenvalue weighted by Gasteiger charge is 2.36. The number of anilines is 1. The number of amides is 3. The molecule has 0 bridgehead atoms. The highest BCUT2D eigenvalue weighted by molar-refractivity contribution is 8.18. The zero-order valence-corrected chi connectivity index (χ0v) is 20.4. The van der Waals surface area contributed by atoms with Gasteiger partial charge in [0, 0.05) is 5.69 Å². The van der Waals surface area contributed by atoms with Crippen LogP contribution >= 0.6 is 23.4 Å². The van der Waals surface area contributed by atoms with Crippen molar-refractivity contribution in [3.63, 3.8) is 0 Å². The first-order chi connectivity index (χ1) is 16.8. The fraction of sp³-hybridized carbons (Fsp3) is 0.167. The van der Waals surface area contributed by atoms with Gasteiger partial charge in [-0.15, -0.1) is 0 Å². The second-order valence-corrected chi connectivity index (χ2v) is 8.41. The summed E-state index contributed by atoms with van der Waals surface area (Å²) in [7, 11) is 2.69. The van der Waals surface area contributed by atoms with E-state index in [1.54, 1.807) is 24.3 Å². The molecule has 0 unspecified atom stereocenters. The van der Waals surface area contributed by atoms with Crippen LogP contribution < -0.4 is 14.8 Å². The molecule has 35 heavy (non-hydrogen) atoms. The molecule has 0 saturated carbocycles. The summed E-state index contributed by atoms with van der Waals surface area (Å²) >= 11 is 6.70. The van der Waals surface area contributed by atoms with Crippen LogP contribution in [0, 0.1) is 0 Å². The third-order valence-corrected chi connectivity index (χ3v) is 5.91. The Kier molecular flexibility index (Phi) is 8.56. The number of hydrogen-bond donors (Lipinski definition) is 1. The van der Waals surface area contributed by atoms with E-state index in [1.807, 2.05) is 0 Å². The highest BCUT2D eigenvalue weighted by Crippen LogP contribution is 2.34. The zero-order chi connectivity index (χ0) is 25.5. The number of nitrogens with one attached hydrogen (secondary N) is 1. The van der Waals surface area contributed by atoms with Crippen molar-refractivity contribution in [1.82, 2.24) is 4.90 Å². The van der Waals surface area contributed by atoms with Crippen molar-refractivity contribution in [3.8, 4) is 11.5 Å². The largest absolute Gasteiger partial charge is 0.493 e. The Morgan fingerprint density at radius 3 is 2.60 bits per heavy atom. The number of esters is 1. The maximum atomic E-state index is 12.8. The molecule has 2 aromatic carbocycles. The third kappa shape index (κ3) is 6.23. The van der Waals surface area contributed by atoms with E-state index in [-0.39, 0.29) is 21.2 Å². The lowest BCUT2D eigenvalue weighted by Crippen LogP contribution is -2.36. The Morgan fingerprint density at radius 2 is 1.91 bits per heavy atom. The van der Waals surface area contributed by atoms with Crippen LogP contribution in [0.15, 0.2) is 54.0 Å². The van der Waals surface area contributed by atoms with Crippen molar-refractivity contribution in [2.45, 2.75) is 0 Å². The molecule has 0 atom stereocenters. The number of carbonyl (C=O) groups excluding carboxylic acids is 4. The van der Waals surface area contributed by atoms with Crippen molar-refractivity contribution in [1.29, 1.82) is 0 Å². The predicted octanol–water partition coefficient (Wildman–Crippen LogP) is 4.38. The highest BCUT2D eigenvalue weighted by atomic mass is 35.5. The molecule has 1 saturated heterocycles. The van der Waals surface area contributed by atoms with E-state index >= 15 is 0 Å². The number of carbonyl (C=O) groups is 4. The van der Waals surface area contributed by atoms with E-state index in [1.165, 1.54) is 38.5 Å². The molecule has 0 aromatic heterocycles. The molecule has 11 heteroatoms. The number of hydrogen-bond acceptors (Lipinski definition) is 8. The minimum atomic E-state index is -0.667. The molecule has 3 rings (SSSR count). The van der Waals surface area contributed by atoms with Crippen LogP contribution in [0.5, 0.6) is 11.5 Å². The van der Waals surface area contributed by atoms with Gasteiger partial charge in [0.15, 0.2) is 11.5 Å². The Hall–Kier alpha value is -3.76. The summed E-state index contributed by atoms with van der Waals surface area (Å²) in [5.74, 6) is -0.941. The maximum absolute atomic E-state index is 12.8. The average molecular weight is 517 g/mol. The Bertz CT molecular complexity index is 1230. The molecular weight excluding hydrogens is 496 g/mol. The topological polar surface area (TPSA) is 111 Å². The van der Waals surface area contributed by atoms with E-state index in [2.05, 4.69) is 16.6 Å². The van der Waals surface area contributed by atoms with Crippen LogP contribution in [0.4, 0.5) is 10.5 Å². The minimum Gasteiger partial charge on any atom is -0.493 e. The summed E-state index contributed by atoms with van der Waals surface area (Å²) in [4.78, 5) is 50.5. The van der Waals surface area contributed by atoms with Gasteiger partial charge < -0.3 is 19.5 Å². The number of thioether (sulfide) groups is 1. The molecular formula is C24H21ClN2O7S. The zero-order valence-electron chi connectivity index (χ0n) is 18.8. The smallest absolute Gasteiger partial charge is 0.339 e. The Balaban J connectivity index is 1.71. The van der Waals surface area contributed by atoms with Crippen molar-refractivity contribution in [2.24, 2.45) is 0 Å². The van der Waals surface area contributed by atoms with Gasteiger partial charge in [0.1, 0.15) is 13.2 Å². The molecule has 1 fully saturated rings. The first kappa shape index (κ1) is 25.9. The van der Waals surface area contributed by atoms with Gasteiger partial charge in [-0.05, 0) is 53.7 Å². The van der Waals surface area contributed by atoms with E-state index in [4.69, 9.17) is 21.1 Å². The Morgan fingerprint density at radius 1 is 1.14 bits per heavy atom. The number of methoxy groups -OCH3 is 2. The van der Waals surface area contributed by atoms with Gasteiger partial charge in [0.05, 0.1) is 29.7 Å². The van der Waals surface area contributed by atoms with Crippen LogP contribution in [0.3, 0.4) is 0 Å². The number of halogens is 1. The van der Waals surface area contributed by atoms with E-state index in [9.17, 15) is 19.2 Å². The molecule has 0 spiro atoms. The van der Waals surface area contributed by atoms with E-state index in [0.717, 1.165) is 16.7 Å².